The molecule has 14 heavy (non-hydrogen) atoms. The number of rotatable bonds is 5. The highest BCUT2D eigenvalue weighted by atomic mass is 16.5. The van der Waals surface area contributed by atoms with E-state index in [1.54, 1.807) is 6.92 Å². The van der Waals surface area contributed by atoms with Crippen LogP contribution in [0.5, 0.6) is 0 Å². The summed E-state index contributed by atoms with van der Waals surface area (Å²) >= 11 is 0. The fraction of sp³-hybridized carbons (Fsp3) is 0.625. The van der Waals surface area contributed by atoms with Crippen molar-refractivity contribution in [2.75, 3.05) is 6.61 Å². The van der Waals surface area contributed by atoms with Crippen molar-refractivity contribution in [3.63, 3.8) is 0 Å². The summed E-state index contributed by atoms with van der Waals surface area (Å²) in [7, 11) is 0. The van der Waals surface area contributed by atoms with Gasteiger partial charge in [-0.25, -0.2) is 4.79 Å². The van der Waals surface area contributed by atoms with E-state index in [1.165, 1.54) is 6.92 Å². The summed E-state index contributed by atoms with van der Waals surface area (Å²) in [6, 6.07) is 0. The third-order valence-electron chi connectivity index (χ3n) is 1.31. The molecule has 0 saturated carbocycles. The maximum Gasteiger partial charge on any atom is 0.441 e. The fourth-order valence-electron chi connectivity index (χ4n) is 0.775. The van der Waals surface area contributed by atoms with E-state index >= 15 is 0 Å². The van der Waals surface area contributed by atoms with E-state index < -0.39 is 23.6 Å². The predicted octanol–water partition coefficient (Wildman–Crippen LogP) is -0.440. The Hall–Kier alpha value is -1.52. The molecular weight excluding hydrogens is 188 g/mol. The van der Waals surface area contributed by atoms with Crippen LogP contribution in [0.25, 0.3) is 5.53 Å². The number of carbonyl (C=O) groups excluding carboxylic acids is 2. The lowest BCUT2D eigenvalue weighted by molar-refractivity contribution is -0.142. The quantitative estimate of drug-likeness (QED) is 0.214. The molecule has 1 N–H and O–H groups in total. The summed E-state index contributed by atoms with van der Waals surface area (Å²) in [6.07, 6.45) is -1.17. The number of nitrogens with zero attached hydrogens (tertiary/aromatic N) is 2. The molecule has 6 heteroatoms. The minimum Gasteiger partial charge on any atom is -0.457 e. The van der Waals surface area contributed by atoms with Crippen LogP contribution in [0.2, 0.25) is 0 Å². The number of aliphatic hydroxyl groups excluding tert-OH is 1. The molecule has 0 amide bonds. The molecule has 0 bridgehead atoms. The summed E-state index contributed by atoms with van der Waals surface area (Å²) in [5.41, 5.74) is 7.70. The number of Topliss-reactive ketones (excluding diaryl/α,β-unsaturated/α-hetero) is 1. The van der Waals surface area contributed by atoms with Crippen LogP contribution >= 0.6 is 0 Å². The second kappa shape index (κ2) is 6.01. The first-order valence-corrected chi connectivity index (χ1v) is 4.13. The van der Waals surface area contributed by atoms with Gasteiger partial charge in [0.1, 0.15) is 0 Å². The number of ketones is 1. The first-order valence-electron chi connectivity index (χ1n) is 4.13. The van der Waals surface area contributed by atoms with Crippen LogP contribution in [0.1, 0.15) is 20.3 Å². The molecule has 0 aliphatic heterocycles. The Morgan fingerprint density at radius 2 is 2.14 bits per heavy atom. The molecule has 0 spiro atoms. The Morgan fingerprint density at radius 1 is 1.57 bits per heavy atom. The number of ether oxygens (including phenoxy) is 1. The van der Waals surface area contributed by atoms with Crippen molar-refractivity contribution >= 4 is 17.5 Å². The maximum atomic E-state index is 11.1. The molecule has 0 aromatic carbocycles. The topological polar surface area (TPSA) is 100 Å². The standard InChI is InChI=1S/C8H12N2O4/c1-3-14-8(13)7(10-9)6(12)4-5(2)11/h5,11H,3-4H2,1-2H3. The van der Waals surface area contributed by atoms with E-state index in [9.17, 15) is 9.59 Å². The third kappa shape index (κ3) is 3.93. The molecule has 0 radical (unpaired) electrons. The van der Waals surface area contributed by atoms with Crippen molar-refractivity contribution in [1.29, 1.82) is 0 Å². The average Bonchev–Trinajstić information content (AvgIpc) is 2.04. The van der Waals surface area contributed by atoms with Crippen molar-refractivity contribution < 1.29 is 24.2 Å². The van der Waals surface area contributed by atoms with Gasteiger partial charge in [-0.2, -0.15) is 4.79 Å². The molecule has 0 aliphatic carbocycles. The van der Waals surface area contributed by atoms with Gasteiger partial charge in [-0.05, 0) is 13.8 Å². The summed E-state index contributed by atoms with van der Waals surface area (Å²) in [5, 5.41) is 8.87. The second-order valence-electron chi connectivity index (χ2n) is 2.65. The summed E-state index contributed by atoms with van der Waals surface area (Å²) in [4.78, 5) is 24.7. The monoisotopic (exact) mass is 200 g/mol. The first-order chi connectivity index (χ1) is 6.52. The lowest BCUT2D eigenvalue weighted by atomic mass is 10.1. The van der Waals surface area contributed by atoms with Gasteiger partial charge in [0.15, 0.2) is 0 Å². The molecule has 0 rings (SSSR count). The van der Waals surface area contributed by atoms with Gasteiger partial charge in [0.05, 0.1) is 12.7 Å². The molecule has 6 nitrogen and oxygen atoms in total. The van der Waals surface area contributed by atoms with E-state index in [2.05, 4.69) is 9.53 Å². The van der Waals surface area contributed by atoms with Gasteiger partial charge in [-0.3, -0.25) is 4.79 Å². The van der Waals surface area contributed by atoms with Gasteiger partial charge in [0.2, 0.25) is 0 Å². The van der Waals surface area contributed by atoms with Crippen molar-refractivity contribution in [2.24, 2.45) is 0 Å². The van der Waals surface area contributed by atoms with Crippen LogP contribution in [0.15, 0.2) is 0 Å². The molecular formula is C8H12N2O4. The van der Waals surface area contributed by atoms with Gasteiger partial charge < -0.3 is 15.4 Å². The molecule has 0 fully saturated rings. The SMILES string of the molecule is CCOC(=O)C(=[N+]=[N-])C(=O)CC(C)O. The lowest BCUT2D eigenvalue weighted by Crippen LogP contribution is -2.29. The van der Waals surface area contributed by atoms with E-state index in [4.69, 9.17) is 10.6 Å². The van der Waals surface area contributed by atoms with Crippen LogP contribution in [-0.4, -0.2) is 40.1 Å². The van der Waals surface area contributed by atoms with Crippen molar-refractivity contribution in [3.8, 4) is 0 Å². The molecule has 78 valence electrons. The van der Waals surface area contributed by atoms with E-state index in [1.807, 2.05) is 0 Å². The van der Waals surface area contributed by atoms with Crippen LogP contribution in [-0.2, 0) is 14.3 Å². The van der Waals surface area contributed by atoms with Gasteiger partial charge >= 0.3 is 11.7 Å². The highest BCUT2D eigenvalue weighted by molar-refractivity contribution is 6.62. The Morgan fingerprint density at radius 3 is 2.50 bits per heavy atom. The molecule has 0 aromatic heterocycles. The number of carbonyl (C=O) groups is 2. The van der Waals surface area contributed by atoms with Gasteiger partial charge in [-0.15, -0.1) is 0 Å². The van der Waals surface area contributed by atoms with E-state index in [-0.39, 0.29) is 13.0 Å². The molecule has 0 aromatic rings. The number of hydrogen-bond acceptors (Lipinski definition) is 4. The minimum atomic E-state index is -0.986. The van der Waals surface area contributed by atoms with E-state index in [0.29, 0.717) is 0 Å². The normalized spacial score (nSPS) is 11.4. The Kier molecular flexibility index (Phi) is 5.36. The summed E-state index contributed by atoms with van der Waals surface area (Å²) in [6.45, 7) is 3.03. The van der Waals surface area contributed by atoms with Crippen LogP contribution in [0.4, 0.5) is 0 Å². The third-order valence-corrected chi connectivity index (χ3v) is 1.31. The molecule has 0 saturated heterocycles. The van der Waals surface area contributed by atoms with Crippen molar-refractivity contribution in [1.82, 2.24) is 0 Å². The largest absolute Gasteiger partial charge is 0.457 e. The zero-order valence-electron chi connectivity index (χ0n) is 8.06. The van der Waals surface area contributed by atoms with Crippen LogP contribution in [0.3, 0.4) is 0 Å². The molecule has 0 aliphatic rings. The summed E-state index contributed by atoms with van der Waals surface area (Å²) in [5.74, 6) is -1.73. The molecule has 0 heterocycles. The van der Waals surface area contributed by atoms with Gasteiger partial charge in [0, 0.05) is 6.42 Å². The summed E-state index contributed by atoms with van der Waals surface area (Å²) < 4.78 is 4.47. The zero-order chi connectivity index (χ0) is 11.1. The number of esters is 1. The maximum absolute atomic E-state index is 11.1. The van der Waals surface area contributed by atoms with E-state index in [0.717, 1.165) is 0 Å². The number of aliphatic hydroxyl groups is 1. The smallest absolute Gasteiger partial charge is 0.441 e. The second-order valence-corrected chi connectivity index (χ2v) is 2.65. The van der Waals surface area contributed by atoms with Crippen LogP contribution < -0.4 is 0 Å². The fourth-order valence-corrected chi connectivity index (χ4v) is 0.775. The first kappa shape index (κ1) is 12.5. The lowest BCUT2D eigenvalue weighted by Gasteiger charge is -1.99. The van der Waals surface area contributed by atoms with Gasteiger partial charge in [-0.1, -0.05) is 0 Å². The Bertz CT molecular complexity index is 279. The molecule has 1 atom stereocenters. The van der Waals surface area contributed by atoms with Crippen molar-refractivity contribution in [2.45, 2.75) is 26.4 Å². The highest BCUT2D eigenvalue weighted by Crippen LogP contribution is 1.94. The van der Waals surface area contributed by atoms with Crippen molar-refractivity contribution in [3.05, 3.63) is 5.53 Å². The minimum absolute atomic E-state index is 0.0831. The van der Waals surface area contributed by atoms with Gasteiger partial charge in [0.25, 0.3) is 5.78 Å². The highest BCUT2D eigenvalue weighted by Gasteiger charge is 2.31. The Labute approximate surface area is 81.1 Å². The predicted molar refractivity (Wildman–Crippen MR) is 46.6 cm³/mol. The zero-order valence-corrected chi connectivity index (χ0v) is 8.06. The number of hydrogen-bond donors (Lipinski definition) is 1. The Balaban J connectivity index is 4.51. The molecule has 1 unspecified atom stereocenters. The average molecular weight is 200 g/mol. The van der Waals surface area contributed by atoms with Crippen LogP contribution in [0, 0.1) is 0 Å².